The summed E-state index contributed by atoms with van der Waals surface area (Å²) < 4.78 is 5.88. The average Bonchev–Trinajstić information content (AvgIpc) is 3.16. The van der Waals surface area contributed by atoms with Crippen LogP contribution in [0.4, 0.5) is 5.13 Å². The molecule has 4 heterocycles. The smallest absolute Gasteiger partial charge is 0.271 e. The van der Waals surface area contributed by atoms with Gasteiger partial charge in [-0.05, 0) is 45.4 Å². The van der Waals surface area contributed by atoms with Crippen LogP contribution in [0.1, 0.15) is 41.4 Å². The number of aryl methyl sites for hydroxylation is 2. The first-order valence-corrected chi connectivity index (χ1v) is 11.1. The lowest BCUT2D eigenvalue weighted by Gasteiger charge is -2.35. The van der Waals surface area contributed by atoms with Gasteiger partial charge >= 0.3 is 0 Å². The molecule has 0 aromatic carbocycles. The second-order valence-electron chi connectivity index (χ2n) is 7.85. The summed E-state index contributed by atoms with van der Waals surface area (Å²) in [4.78, 5) is 33.2. The van der Waals surface area contributed by atoms with E-state index in [-0.39, 0.29) is 23.8 Å². The van der Waals surface area contributed by atoms with E-state index in [9.17, 15) is 4.79 Å². The van der Waals surface area contributed by atoms with Crippen molar-refractivity contribution < 1.29 is 9.53 Å². The van der Waals surface area contributed by atoms with E-state index in [1.165, 1.54) is 12.4 Å². The average molecular weight is 439 g/mol. The third-order valence-corrected chi connectivity index (χ3v) is 6.14. The van der Waals surface area contributed by atoms with Gasteiger partial charge in [-0.3, -0.25) is 14.8 Å². The van der Waals surface area contributed by atoms with Gasteiger partial charge in [0, 0.05) is 36.9 Å². The van der Waals surface area contributed by atoms with Crippen LogP contribution in [0, 0.1) is 13.8 Å². The first kappa shape index (κ1) is 21.3. The van der Waals surface area contributed by atoms with Crippen LogP contribution < -0.4 is 10.2 Å². The number of nitrogens with one attached hydrogen (secondary N) is 1. The minimum Gasteiger partial charge on any atom is -0.372 e. The predicted octanol–water partition coefficient (Wildman–Crippen LogP) is 3.16. The molecule has 0 aliphatic carbocycles. The van der Waals surface area contributed by atoms with Gasteiger partial charge in [-0.1, -0.05) is 11.3 Å². The summed E-state index contributed by atoms with van der Waals surface area (Å²) in [6.45, 7) is 10.0. The van der Waals surface area contributed by atoms with Crippen molar-refractivity contribution in [2.75, 3.05) is 18.0 Å². The number of nitrogens with zero attached hydrogens (tertiary/aromatic N) is 5. The van der Waals surface area contributed by atoms with Crippen LogP contribution in [0.2, 0.25) is 0 Å². The molecule has 1 aliphatic heterocycles. The van der Waals surface area contributed by atoms with Crippen molar-refractivity contribution >= 4 is 22.4 Å². The Balaban J connectivity index is 1.65. The maximum absolute atomic E-state index is 12.5. The fraction of sp³-hybridized carbons (Fsp3) is 0.409. The molecule has 9 heteroatoms. The molecule has 0 radical (unpaired) electrons. The quantitative estimate of drug-likeness (QED) is 0.654. The highest BCUT2D eigenvalue weighted by atomic mass is 32.1. The number of morpholine rings is 1. The van der Waals surface area contributed by atoms with Gasteiger partial charge in [0.1, 0.15) is 5.69 Å². The second-order valence-corrected chi connectivity index (χ2v) is 8.82. The number of hydrogen-bond donors (Lipinski definition) is 1. The number of hydrogen-bond acceptors (Lipinski definition) is 8. The van der Waals surface area contributed by atoms with Gasteiger partial charge in [0.15, 0.2) is 5.13 Å². The van der Waals surface area contributed by atoms with E-state index in [2.05, 4.69) is 51.1 Å². The number of anilines is 1. The zero-order valence-electron chi connectivity index (χ0n) is 18.1. The highest BCUT2D eigenvalue weighted by Gasteiger charge is 2.26. The Kier molecular flexibility index (Phi) is 6.24. The molecule has 0 unspecified atom stereocenters. The number of pyridine rings is 1. The van der Waals surface area contributed by atoms with Gasteiger partial charge < -0.3 is 15.0 Å². The van der Waals surface area contributed by atoms with E-state index in [1.54, 1.807) is 17.5 Å². The van der Waals surface area contributed by atoms with Gasteiger partial charge in [-0.15, -0.1) is 0 Å². The Bertz CT molecular complexity index is 1040. The maximum atomic E-state index is 12.5. The standard InChI is InChI=1S/C22H26N6O2S/c1-13-7-17(8-14(2)26-13)20-18(10-25-21(29)19-9-23-5-6-24-19)27-22(31-20)28-11-15(3)30-16(4)12-28/h5-9,15-16H,10-12H2,1-4H3,(H,25,29)/t15-,16+. The number of carbonyl (C=O) groups excluding carboxylic acids is 1. The van der Waals surface area contributed by atoms with Gasteiger partial charge in [-0.25, -0.2) is 9.97 Å². The lowest BCUT2D eigenvalue weighted by atomic mass is 10.1. The topological polar surface area (TPSA) is 93.1 Å². The van der Waals surface area contributed by atoms with Gasteiger partial charge in [0.05, 0.1) is 35.5 Å². The van der Waals surface area contributed by atoms with Crippen LogP contribution in [0.25, 0.3) is 10.4 Å². The van der Waals surface area contributed by atoms with Crippen LogP contribution in [-0.4, -0.2) is 51.1 Å². The molecule has 0 saturated carbocycles. The van der Waals surface area contributed by atoms with Gasteiger partial charge in [-0.2, -0.15) is 0 Å². The van der Waals surface area contributed by atoms with E-state index in [0.29, 0.717) is 6.54 Å². The van der Waals surface area contributed by atoms with Crippen LogP contribution in [0.3, 0.4) is 0 Å². The summed E-state index contributed by atoms with van der Waals surface area (Å²) in [5, 5.41) is 3.87. The molecule has 0 spiro atoms. The highest BCUT2D eigenvalue weighted by molar-refractivity contribution is 7.19. The largest absolute Gasteiger partial charge is 0.372 e. The molecule has 1 saturated heterocycles. The monoisotopic (exact) mass is 438 g/mol. The second kappa shape index (κ2) is 9.07. The fourth-order valence-electron chi connectivity index (χ4n) is 3.79. The first-order chi connectivity index (χ1) is 14.9. The third kappa shape index (κ3) is 5.05. The molecule has 3 aromatic heterocycles. The third-order valence-electron chi connectivity index (χ3n) is 4.93. The molecular weight excluding hydrogens is 412 g/mol. The molecule has 0 bridgehead atoms. The van der Waals surface area contributed by atoms with E-state index >= 15 is 0 Å². The van der Waals surface area contributed by atoms with E-state index in [1.807, 2.05) is 13.8 Å². The van der Waals surface area contributed by atoms with Crippen LogP contribution in [-0.2, 0) is 11.3 Å². The molecule has 162 valence electrons. The summed E-state index contributed by atoms with van der Waals surface area (Å²) >= 11 is 1.64. The number of thiazole rings is 1. The van der Waals surface area contributed by atoms with Gasteiger partial charge in [0.25, 0.3) is 5.91 Å². The summed E-state index contributed by atoms with van der Waals surface area (Å²) in [6.07, 6.45) is 4.78. The molecule has 8 nitrogen and oxygen atoms in total. The number of rotatable bonds is 5. The zero-order chi connectivity index (χ0) is 22.0. The fourth-order valence-corrected chi connectivity index (χ4v) is 4.88. The Labute approximate surface area is 185 Å². The maximum Gasteiger partial charge on any atom is 0.271 e. The summed E-state index contributed by atoms with van der Waals surface area (Å²) in [7, 11) is 0. The zero-order valence-corrected chi connectivity index (χ0v) is 18.9. The van der Waals surface area contributed by atoms with E-state index in [4.69, 9.17) is 9.72 Å². The number of aromatic nitrogens is 4. The normalized spacial score (nSPS) is 18.8. The summed E-state index contributed by atoms with van der Waals surface area (Å²) in [5.74, 6) is -0.274. The molecule has 1 N–H and O–H groups in total. The molecule has 31 heavy (non-hydrogen) atoms. The first-order valence-electron chi connectivity index (χ1n) is 10.3. The number of ether oxygens (including phenoxy) is 1. The number of amides is 1. The van der Waals surface area contributed by atoms with Crippen LogP contribution in [0.5, 0.6) is 0 Å². The van der Waals surface area contributed by atoms with Gasteiger partial charge in [0.2, 0.25) is 0 Å². The van der Waals surface area contributed by atoms with Crippen LogP contribution in [0.15, 0.2) is 30.7 Å². The predicted molar refractivity (Wildman–Crippen MR) is 120 cm³/mol. The van der Waals surface area contributed by atoms with Crippen molar-refractivity contribution in [3.05, 3.63) is 53.5 Å². The van der Waals surface area contributed by atoms with Crippen molar-refractivity contribution in [1.82, 2.24) is 25.3 Å². The van der Waals surface area contributed by atoms with Crippen molar-refractivity contribution in [2.24, 2.45) is 0 Å². The van der Waals surface area contributed by atoms with Crippen molar-refractivity contribution in [3.63, 3.8) is 0 Å². The molecule has 1 aliphatic rings. The molecular formula is C22H26N6O2S. The van der Waals surface area contributed by atoms with E-state index in [0.717, 1.165) is 45.7 Å². The minimum atomic E-state index is -0.274. The molecule has 1 fully saturated rings. The lowest BCUT2D eigenvalue weighted by molar-refractivity contribution is -0.00523. The SMILES string of the molecule is Cc1cc(-c2sc(N3C[C@@H](C)O[C@@H](C)C3)nc2CNC(=O)c2cnccn2)cc(C)n1. The van der Waals surface area contributed by atoms with Crippen molar-refractivity contribution in [2.45, 2.75) is 46.4 Å². The molecule has 4 rings (SSSR count). The molecule has 1 amide bonds. The minimum absolute atomic E-state index is 0.140. The highest BCUT2D eigenvalue weighted by Crippen LogP contribution is 2.36. The van der Waals surface area contributed by atoms with E-state index < -0.39 is 0 Å². The summed E-state index contributed by atoms with van der Waals surface area (Å²) in [5.41, 5.74) is 4.08. The van der Waals surface area contributed by atoms with Crippen molar-refractivity contribution in [1.29, 1.82) is 0 Å². The Morgan fingerprint density at radius 3 is 2.52 bits per heavy atom. The Morgan fingerprint density at radius 2 is 1.87 bits per heavy atom. The summed E-state index contributed by atoms with van der Waals surface area (Å²) in [6, 6.07) is 4.12. The molecule has 3 aromatic rings. The van der Waals surface area contributed by atoms with Crippen LogP contribution >= 0.6 is 11.3 Å². The number of carbonyl (C=O) groups is 1. The molecule has 2 atom stereocenters. The van der Waals surface area contributed by atoms with Crippen molar-refractivity contribution in [3.8, 4) is 10.4 Å². The lowest BCUT2D eigenvalue weighted by Crippen LogP contribution is -2.45. The Morgan fingerprint density at radius 1 is 1.16 bits per heavy atom. The Hall–Kier alpha value is -2.91.